The maximum Gasteiger partial charge on any atom is 0.216 e. The van der Waals surface area contributed by atoms with Crippen LogP contribution in [0.4, 0.5) is 0 Å². The first kappa shape index (κ1) is 21.8. The van der Waals surface area contributed by atoms with Gasteiger partial charge in [-0.05, 0) is 13.0 Å². The largest absolute Gasteiger partial charge is 0.496 e. The molecule has 1 heterocycles. The fraction of sp³-hybridized carbons (Fsp3) is 0.524. The molecule has 0 unspecified atom stereocenters. The van der Waals surface area contributed by atoms with Crippen LogP contribution in [0.25, 0.3) is 0 Å². The van der Waals surface area contributed by atoms with E-state index >= 15 is 0 Å². The van der Waals surface area contributed by atoms with Gasteiger partial charge in [-0.3, -0.25) is 0 Å². The van der Waals surface area contributed by atoms with Crippen molar-refractivity contribution in [1.82, 2.24) is 15.6 Å². The highest BCUT2D eigenvalue weighted by atomic mass is 16.5. The molecule has 0 saturated heterocycles. The van der Waals surface area contributed by atoms with Crippen LogP contribution in [0.3, 0.4) is 0 Å². The lowest BCUT2D eigenvalue weighted by molar-refractivity contribution is 0.123. The predicted molar refractivity (Wildman–Crippen MR) is 111 cm³/mol. The Hall–Kier alpha value is -2.54. The number of rotatable bonds is 9. The molecule has 154 valence electrons. The van der Waals surface area contributed by atoms with Gasteiger partial charge >= 0.3 is 0 Å². The van der Waals surface area contributed by atoms with Gasteiger partial charge in [0.2, 0.25) is 5.89 Å². The number of nitrogens with zero attached hydrogens (tertiary/aromatic N) is 2. The molecule has 0 aliphatic heterocycles. The normalized spacial score (nSPS) is 12.1. The highest BCUT2D eigenvalue weighted by molar-refractivity contribution is 5.79. The van der Waals surface area contributed by atoms with Crippen molar-refractivity contribution in [2.24, 2.45) is 4.99 Å². The average Bonchev–Trinajstić information content (AvgIpc) is 3.15. The molecule has 0 amide bonds. The summed E-state index contributed by atoms with van der Waals surface area (Å²) in [5.74, 6) is 3.01. The summed E-state index contributed by atoms with van der Waals surface area (Å²) >= 11 is 0. The Balaban J connectivity index is 1.79. The molecular weight excluding hydrogens is 356 g/mol. The van der Waals surface area contributed by atoms with Gasteiger partial charge in [-0.2, -0.15) is 0 Å². The molecule has 0 aliphatic rings. The van der Waals surface area contributed by atoms with E-state index in [0.717, 1.165) is 23.6 Å². The van der Waals surface area contributed by atoms with Crippen LogP contribution in [0.1, 0.15) is 44.9 Å². The van der Waals surface area contributed by atoms with Crippen LogP contribution in [0, 0.1) is 0 Å². The third kappa shape index (κ3) is 6.88. The number of hydrogen-bond acceptors (Lipinski definition) is 5. The van der Waals surface area contributed by atoms with Gasteiger partial charge in [0, 0.05) is 24.1 Å². The minimum absolute atomic E-state index is 0.0590. The zero-order chi connectivity index (χ0) is 20.4. The molecule has 0 aliphatic carbocycles. The lowest BCUT2D eigenvalue weighted by Crippen LogP contribution is -2.39. The first-order valence-electron chi connectivity index (χ1n) is 9.61. The highest BCUT2D eigenvalue weighted by Gasteiger charge is 2.19. The Morgan fingerprint density at radius 3 is 2.68 bits per heavy atom. The molecule has 2 rings (SSSR count). The van der Waals surface area contributed by atoms with Gasteiger partial charge < -0.3 is 24.5 Å². The Labute approximate surface area is 167 Å². The fourth-order valence-corrected chi connectivity index (χ4v) is 2.46. The molecule has 2 aromatic rings. The molecule has 7 nitrogen and oxygen atoms in total. The SMILES string of the molecule is CCNC(=NCc1ncc(C(C)(C)C)o1)NCCOCc1ccccc1OC. The summed E-state index contributed by atoms with van der Waals surface area (Å²) in [7, 11) is 1.66. The van der Waals surface area contributed by atoms with Crippen molar-refractivity contribution in [3.63, 3.8) is 0 Å². The fourth-order valence-electron chi connectivity index (χ4n) is 2.46. The van der Waals surface area contributed by atoms with Crippen LogP contribution in [-0.4, -0.2) is 37.7 Å². The summed E-state index contributed by atoms with van der Waals surface area (Å²) in [6.45, 7) is 11.2. The number of aromatic nitrogens is 1. The minimum atomic E-state index is -0.0590. The van der Waals surface area contributed by atoms with Gasteiger partial charge in [0.1, 0.15) is 18.1 Å². The Bertz CT molecular complexity index is 750. The minimum Gasteiger partial charge on any atom is -0.496 e. The second kappa shape index (κ2) is 10.7. The molecule has 2 N–H and O–H groups in total. The maximum absolute atomic E-state index is 5.78. The molecule has 7 heteroatoms. The number of oxazole rings is 1. The number of ether oxygens (including phenoxy) is 2. The van der Waals surface area contributed by atoms with E-state index in [2.05, 4.69) is 41.4 Å². The molecule has 1 aromatic carbocycles. The molecule has 0 radical (unpaired) electrons. The summed E-state index contributed by atoms with van der Waals surface area (Å²) in [5.41, 5.74) is 0.973. The lowest BCUT2D eigenvalue weighted by atomic mass is 9.94. The second-order valence-electron chi connectivity index (χ2n) is 7.35. The Morgan fingerprint density at radius 2 is 2.00 bits per heavy atom. The van der Waals surface area contributed by atoms with E-state index in [1.165, 1.54) is 0 Å². The number of benzene rings is 1. The van der Waals surface area contributed by atoms with Crippen LogP contribution in [0.15, 0.2) is 39.9 Å². The van der Waals surface area contributed by atoms with Gasteiger partial charge in [-0.25, -0.2) is 9.98 Å². The van der Waals surface area contributed by atoms with E-state index in [1.807, 2.05) is 31.2 Å². The maximum atomic E-state index is 5.78. The third-order valence-electron chi connectivity index (χ3n) is 4.00. The van der Waals surface area contributed by atoms with Crippen LogP contribution in [-0.2, 0) is 23.3 Å². The molecule has 1 aromatic heterocycles. The topological polar surface area (TPSA) is 80.9 Å². The highest BCUT2D eigenvalue weighted by Crippen LogP contribution is 2.22. The van der Waals surface area contributed by atoms with Crippen molar-refractivity contribution in [3.8, 4) is 5.75 Å². The molecule has 0 bridgehead atoms. The van der Waals surface area contributed by atoms with Gasteiger partial charge in [-0.1, -0.05) is 39.0 Å². The molecular formula is C21H32N4O3. The number of methoxy groups -OCH3 is 1. The summed E-state index contributed by atoms with van der Waals surface area (Å²) in [6, 6.07) is 7.85. The summed E-state index contributed by atoms with van der Waals surface area (Å²) in [4.78, 5) is 8.83. The van der Waals surface area contributed by atoms with Crippen molar-refractivity contribution in [2.75, 3.05) is 26.8 Å². The van der Waals surface area contributed by atoms with Gasteiger partial charge in [-0.15, -0.1) is 0 Å². The monoisotopic (exact) mass is 388 g/mol. The van der Waals surface area contributed by atoms with Crippen LogP contribution in [0.2, 0.25) is 0 Å². The van der Waals surface area contributed by atoms with Crippen molar-refractivity contribution in [2.45, 2.75) is 46.3 Å². The van der Waals surface area contributed by atoms with Crippen molar-refractivity contribution in [3.05, 3.63) is 47.7 Å². The van der Waals surface area contributed by atoms with E-state index in [-0.39, 0.29) is 5.41 Å². The summed E-state index contributed by atoms with van der Waals surface area (Å²) in [5, 5.41) is 6.47. The second-order valence-corrected chi connectivity index (χ2v) is 7.35. The quantitative estimate of drug-likeness (QED) is 0.390. The number of guanidine groups is 1. The standard InChI is InChI=1S/C21H32N4O3/c1-6-22-20(25-14-19-24-13-18(28-19)21(2,3)4)23-11-12-27-15-16-9-7-8-10-17(16)26-5/h7-10,13H,6,11-12,14-15H2,1-5H3,(H2,22,23,25). The van der Waals surface area contributed by atoms with E-state index in [1.54, 1.807) is 13.3 Å². The molecule has 28 heavy (non-hydrogen) atoms. The van der Waals surface area contributed by atoms with Crippen molar-refractivity contribution in [1.29, 1.82) is 0 Å². The molecule has 0 atom stereocenters. The molecule has 0 spiro atoms. The zero-order valence-corrected chi connectivity index (χ0v) is 17.5. The number of hydrogen-bond donors (Lipinski definition) is 2. The Morgan fingerprint density at radius 1 is 1.21 bits per heavy atom. The third-order valence-corrected chi connectivity index (χ3v) is 4.00. The number of para-hydroxylation sites is 1. The van der Waals surface area contributed by atoms with Crippen LogP contribution >= 0.6 is 0 Å². The van der Waals surface area contributed by atoms with Crippen LogP contribution in [0.5, 0.6) is 5.75 Å². The smallest absolute Gasteiger partial charge is 0.216 e. The van der Waals surface area contributed by atoms with Gasteiger partial charge in [0.25, 0.3) is 0 Å². The van der Waals surface area contributed by atoms with Gasteiger partial charge in [0.05, 0.1) is 26.5 Å². The Kier molecular flexibility index (Phi) is 8.32. The van der Waals surface area contributed by atoms with E-state index in [9.17, 15) is 0 Å². The first-order valence-corrected chi connectivity index (χ1v) is 9.61. The molecule has 0 fully saturated rings. The summed E-state index contributed by atoms with van der Waals surface area (Å²) in [6.07, 6.45) is 1.77. The first-order chi connectivity index (χ1) is 13.4. The van der Waals surface area contributed by atoms with E-state index in [0.29, 0.717) is 38.2 Å². The average molecular weight is 389 g/mol. The van der Waals surface area contributed by atoms with E-state index in [4.69, 9.17) is 13.9 Å². The van der Waals surface area contributed by atoms with E-state index < -0.39 is 0 Å². The number of nitrogens with one attached hydrogen (secondary N) is 2. The zero-order valence-electron chi connectivity index (χ0n) is 17.5. The lowest BCUT2D eigenvalue weighted by Gasteiger charge is -2.13. The van der Waals surface area contributed by atoms with Crippen molar-refractivity contribution >= 4 is 5.96 Å². The molecule has 0 saturated carbocycles. The number of aliphatic imine (C=N–C) groups is 1. The predicted octanol–water partition coefficient (Wildman–Crippen LogP) is 3.25. The summed E-state index contributed by atoms with van der Waals surface area (Å²) < 4.78 is 16.8. The van der Waals surface area contributed by atoms with Crippen molar-refractivity contribution < 1.29 is 13.9 Å². The van der Waals surface area contributed by atoms with Gasteiger partial charge in [0.15, 0.2) is 5.96 Å². The van der Waals surface area contributed by atoms with Crippen LogP contribution < -0.4 is 15.4 Å².